The van der Waals surface area contributed by atoms with Crippen molar-refractivity contribution in [3.8, 4) is 0 Å². The van der Waals surface area contributed by atoms with Gasteiger partial charge in [0.05, 0.1) is 12.3 Å². The van der Waals surface area contributed by atoms with Crippen molar-refractivity contribution in [2.75, 3.05) is 26.7 Å². The second kappa shape index (κ2) is 8.84. The lowest BCUT2D eigenvalue weighted by atomic mass is 9.71. The van der Waals surface area contributed by atoms with Gasteiger partial charge in [-0.15, -0.1) is 0 Å². The van der Waals surface area contributed by atoms with Crippen molar-refractivity contribution in [2.24, 2.45) is 11.8 Å². The second-order valence-electron chi connectivity index (χ2n) is 8.55. The molecule has 154 valence electrons. The summed E-state index contributed by atoms with van der Waals surface area (Å²) in [6, 6.07) is -0.196. The number of nitrogens with one attached hydrogen (secondary N) is 5. The van der Waals surface area contributed by atoms with E-state index in [9.17, 15) is 0 Å². The van der Waals surface area contributed by atoms with Gasteiger partial charge in [-0.2, -0.15) is 0 Å². The van der Waals surface area contributed by atoms with E-state index in [2.05, 4.69) is 32.7 Å². The minimum absolute atomic E-state index is 0.0291. The summed E-state index contributed by atoms with van der Waals surface area (Å²) in [5.74, 6) is 0.148. The first-order valence-electron chi connectivity index (χ1n) is 12.0. The van der Waals surface area contributed by atoms with E-state index in [0.29, 0.717) is 18.9 Å². The van der Waals surface area contributed by atoms with Gasteiger partial charge in [-0.1, -0.05) is 11.6 Å². The molecule has 5 N–H and O–H groups in total. The minimum Gasteiger partial charge on any atom is -0.377 e. The number of hydrogen-bond acceptors (Lipinski definition) is 6. The summed E-state index contributed by atoms with van der Waals surface area (Å²) in [6.45, 7) is 2.26. The van der Waals surface area contributed by atoms with Crippen LogP contribution in [0.15, 0.2) is 11.6 Å². The van der Waals surface area contributed by atoms with Crippen LogP contribution >= 0.6 is 0 Å². The molecule has 3 aliphatic heterocycles. The van der Waals surface area contributed by atoms with Crippen LogP contribution in [0.1, 0.15) is 43.1 Å². The van der Waals surface area contributed by atoms with Crippen LogP contribution in [0.25, 0.3) is 0 Å². The van der Waals surface area contributed by atoms with Crippen molar-refractivity contribution in [1.29, 1.82) is 0 Å². The monoisotopic (exact) mass is 384 g/mol. The topological polar surface area (TPSA) is 69.4 Å². The maximum atomic E-state index is 15.9. The Morgan fingerprint density at radius 2 is 2.26 bits per heavy atom. The maximum absolute atomic E-state index is 15.9. The van der Waals surface area contributed by atoms with Crippen LogP contribution in [0.5, 0.6) is 0 Å². The largest absolute Gasteiger partial charge is 0.377 e. The Labute approximate surface area is 166 Å². The van der Waals surface area contributed by atoms with E-state index in [1.807, 2.05) is 6.92 Å². The van der Waals surface area contributed by atoms with Gasteiger partial charge >= 0.3 is 0 Å². The van der Waals surface area contributed by atoms with Crippen molar-refractivity contribution in [3.63, 3.8) is 0 Å². The normalized spacial score (nSPS) is 47.9. The smallest absolute Gasteiger partial charge is 0.124 e. The summed E-state index contributed by atoms with van der Waals surface area (Å²) in [5.41, 5.74) is 1.19. The summed E-state index contributed by atoms with van der Waals surface area (Å²) < 4.78 is 44.4. The first-order valence-corrected chi connectivity index (χ1v) is 10.5. The third-order valence-corrected chi connectivity index (χ3v) is 6.62. The van der Waals surface area contributed by atoms with Crippen LogP contribution in [0.4, 0.5) is 4.39 Å². The lowest BCUT2D eigenvalue weighted by molar-refractivity contribution is -0.0262. The Balaban J connectivity index is 1.46. The van der Waals surface area contributed by atoms with E-state index in [-0.39, 0.29) is 36.6 Å². The SMILES string of the molecule is [2H]C([2H])([2H])NC1CC(C)NC(NC2CC3CCOC3C(C3=CCNCCC3)C2F)N1. The first kappa shape index (κ1) is 16.3. The molecule has 1 aliphatic carbocycles. The zero-order valence-corrected chi connectivity index (χ0v) is 16.1. The Morgan fingerprint density at radius 3 is 3.15 bits per heavy atom. The second-order valence-corrected chi connectivity index (χ2v) is 8.55. The predicted molar refractivity (Wildman–Crippen MR) is 105 cm³/mol. The van der Waals surface area contributed by atoms with Crippen LogP contribution in [0.3, 0.4) is 0 Å². The molecule has 2 saturated heterocycles. The lowest BCUT2D eigenvalue weighted by Gasteiger charge is -2.45. The van der Waals surface area contributed by atoms with Crippen LogP contribution < -0.4 is 26.6 Å². The van der Waals surface area contributed by atoms with Gasteiger partial charge in [0.15, 0.2) is 0 Å². The molecule has 6 nitrogen and oxygen atoms in total. The van der Waals surface area contributed by atoms with Gasteiger partial charge in [-0.05, 0) is 58.5 Å². The fourth-order valence-electron chi connectivity index (χ4n) is 5.33. The Bertz CT molecular complexity index is 622. The zero-order chi connectivity index (χ0) is 21.3. The predicted octanol–water partition coefficient (Wildman–Crippen LogP) is 0.818. The molecule has 1 saturated carbocycles. The molecule has 7 heteroatoms. The van der Waals surface area contributed by atoms with Crippen LogP contribution in [-0.2, 0) is 4.74 Å². The summed E-state index contributed by atoms with van der Waals surface area (Å²) in [5, 5.41) is 16.1. The van der Waals surface area contributed by atoms with Gasteiger partial charge in [-0.3, -0.25) is 16.0 Å². The minimum atomic E-state index is -2.22. The molecule has 0 bridgehead atoms. The van der Waals surface area contributed by atoms with E-state index in [1.54, 1.807) is 0 Å². The molecule has 3 heterocycles. The molecule has 0 radical (unpaired) electrons. The van der Waals surface area contributed by atoms with Crippen molar-refractivity contribution in [1.82, 2.24) is 26.6 Å². The molecular weight excluding hydrogens is 345 g/mol. The van der Waals surface area contributed by atoms with E-state index in [1.165, 1.54) is 5.57 Å². The molecule has 0 aromatic rings. The fourth-order valence-corrected chi connectivity index (χ4v) is 5.33. The Hall–Kier alpha value is -0.570. The molecular formula is C20H36FN5O. The summed E-state index contributed by atoms with van der Waals surface area (Å²) in [4.78, 5) is 0. The molecule has 27 heavy (non-hydrogen) atoms. The molecule has 0 spiro atoms. The molecule has 4 aliphatic rings. The fraction of sp³-hybridized carbons (Fsp3) is 0.900. The van der Waals surface area contributed by atoms with E-state index >= 15 is 4.39 Å². The van der Waals surface area contributed by atoms with Gasteiger partial charge in [0.25, 0.3) is 0 Å². The maximum Gasteiger partial charge on any atom is 0.124 e. The highest BCUT2D eigenvalue weighted by Gasteiger charge is 2.49. The number of alkyl halides is 1. The summed E-state index contributed by atoms with van der Waals surface area (Å²) in [7, 11) is 0. The molecule has 0 aromatic carbocycles. The number of rotatable bonds is 4. The van der Waals surface area contributed by atoms with Crippen molar-refractivity contribution in [3.05, 3.63) is 11.6 Å². The first-order chi connectivity index (χ1) is 14.3. The standard InChI is InChI=1S/C20H36FN5O/c1-12-10-16(22-2)26-20(24-12)25-15-11-14-6-9-27-19(14)17(18(15)21)13-4-3-7-23-8-5-13/h5,12,14-20,22-26H,3-4,6-11H2,1-2H3/i2D3. The van der Waals surface area contributed by atoms with E-state index < -0.39 is 13.1 Å². The van der Waals surface area contributed by atoms with Gasteiger partial charge in [0.2, 0.25) is 0 Å². The highest BCUT2D eigenvalue weighted by atomic mass is 19.1. The molecule has 3 fully saturated rings. The molecule has 0 aromatic heterocycles. The van der Waals surface area contributed by atoms with E-state index in [4.69, 9.17) is 8.85 Å². The Morgan fingerprint density at radius 1 is 1.33 bits per heavy atom. The third-order valence-electron chi connectivity index (χ3n) is 6.62. The van der Waals surface area contributed by atoms with Crippen LogP contribution in [-0.4, -0.2) is 63.5 Å². The summed E-state index contributed by atoms with van der Waals surface area (Å²) >= 11 is 0. The average molecular weight is 385 g/mol. The van der Waals surface area contributed by atoms with Crippen molar-refractivity contribution < 1.29 is 13.2 Å². The summed E-state index contributed by atoms with van der Waals surface area (Å²) in [6.07, 6.45) is 4.68. The van der Waals surface area contributed by atoms with Gasteiger partial charge in [-0.25, -0.2) is 4.39 Å². The van der Waals surface area contributed by atoms with E-state index in [0.717, 1.165) is 38.8 Å². The van der Waals surface area contributed by atoms with Gasteiger partial charge < -0.3 is 15.4 Å². The van der Waals surface area contributed by atoms with Gasteiger partial charge in [0.1, 0.15) is 12.5 Å². The van der Waals surface area contributed by atoms with Crippen molar-refractivity contribution >= 4 is 0 Å². The van der Waals surface area contributed by atoms with Crippen LogP contribution in [0, 0.1) is 11.8 Å². The Kier molecular flexibility index (Phi) is 5.32. The third kappa shape index (κ3) is 4.38. The lowest BCUT2D eigenvalue weighted by Crippen LogP contribution is -2.69. The number of hydrogen-bond donors (Lipinski definition) is 5. The number of ether oxygens (including phenoxy) is 1. The highest BCUT2D eigenvalue weighted by molar-refractivity contribution is 5.18. The van der Waals surface area contributed by atoms with Crippen molar-refractivity contribution in [2.45, 2.75) is 75.8 Å². The molecule has 4 rings (SSSR count). The quantitative estimate of drug-likeness (QED) is 0.463. The molecule has 0 amide bonds. The molecule has 8 atom stereocenters. The highest BCUT2D eigenvalue weighted by Crippen LogP contribution is 2.44. The van der Waals surface area contributed by atoms with Crippen LogP contribution in [0.2, 0.25) is 0 Å². The zero-order valence-electron chi connectivity index (χ0n) is 19.1. The molecule has 8 unspecified atom stereocenters. The number of halogens is 1. The number of fused-ring (bicyclic) bond motifs is 1. The van der Waals surface area contributed by atoms with Gasteiger partial charge in [0, 0.05) is 35.3 Å². The average Bonchev–Trinajstić information content (AvgIpc) is 2.93.